The molecular weight excluding hydrogens is 647 g/mol. The molecule has 15 heteroatoms. The van der Waals surface area contributed by atoms with Crippen molar-refractivity contribution in [3.05, 3.63) is 12.7 Å². The third kappa shape index (κ3) is 10.7. The summed E-state index contributed by atoms with van der Waals surface area (Å²) in [7, 11) is 0. The number of amides is 5. The van der Waals surface area contributed by atoms with Gasteiger partial charge in [0.15, 0.2) is 0 Å². The number of hydrogen-bond acceptors (Lipinski definition) is 7. The van der Waals surface area contributed by atoms with Crippen molar-refractivity contribution in [2.24, 2.45) is 34.3 Å². The van der Waals surface area contributed by atoms with E-state index in [0.29, 0.717) is 32.6 Å². The molecule has 1 heterocycles. The number of esters is 1. The number of nitrogens with two attached hydrogens (primary N) is 1. The molecule has 12 nitrogen and oxygen atoms in total. The number of primary amides is 1. The van der Waals surface area contributed by atoms with Gasteiger partial charge in [0.2, 0.25) is 23.2 Å². The summed E-state index contributed by atoms with van der Waals surface area (Å²) in [4.78, 5) is 80.4. The van der Waals surface area contributed by atoms with Crippen molar-refractivity contribution < 1.29 is 46.7 Å². The molecule has 1 saturated carbocycles. The SMILES string of the molecule is C=CC(C)(C)[C@H]1CCN(C(=O)[C@@H](NC(=O)N[C@H](C(=O)OC(C)(C)C(F)(F)F)C(C)C)C(C)(C)C)[C@@H]1C(=O)NC(CCC1CC1)C(=O)C(N)=O. The maximum absolute atomic E-state index is 14.3. The van der Waals surface area contributed by atoms with Gasteiger partial charge in [0.1, 0.15) is 18.1 Å². The van der Waals surface area contributed by atoms with Crippen LogP contribution >= 0.6 is 0 Å². The predicted molar refractivity (Wildman–Crippen MR) is 175 cm³/mol. The number of carbonyl (C=O) groups excluding carboxylic acids is 6. The molecule has 0 aromatic heterocycles. The molecule has 0 aromatic rings. The number of Topliss-reactive ketones (excluding diaryl/α,β-unsaturated/α-hetero) is 1. The standard InChI is InChI=1S/C34H54F3N5O7/c1-11-32(7,8)20-16-17-42(23(20)27(45)39-21(24(43)26(38)44)15-14-19-12-13-19)28(46)25(31(4,5)6)41-30(48)40-22(18(2)3)29(47)49-33(9,10)34(35,36)37/h11,18-23,25H,1,12-17H2,2-10H3,(H2,38,44)(H,39,45)(H2,40,41,48)/t20-,21?,22-,23-,25+/m0/s1. The van der Waals surface area contributed by atoms with Gasteiger partial charge in [0.25, 0.3) is 5.91 Å². The Balaban J connectivity index is 2.39. The van der Waals surface area contributed by atoms with Crippen molar-refractivity contribution in [1.29, 1.82) is 0 Å². The van der Waals surface area contributed by atoms with E-state index in [4.69, 9.17) is 10.5 Å². The normalized spacial score (nSPS) is 20.6. The molecular formula is C34H54F3N5O7. The number of urea groups is 1. The van der Waals surface area contributed by atoms with E-state index in [9.17, 15) is 41.9 Å². The van der Waals surface area contributed by atoms with Crippen molar-refractivity contribution in [3.8, 4) is 0 Å². The fourth-order valence-electron chi connectivity index (χ4n) is 5.80. The van der Waals surface area contributed by atoms with E-state index in [1.54, 1.807) is 26.8 Å². The van der Waals surface area contributed by atoms with Crippen LogP contribution in [0.3, 0.4) is 0 Å². The lowest BCUT2D eigenvalue weighted by Crippen LogP contribution is -2.62. The number of alkyl halides is 3. The van der Waals surface area contributed by atoms with Crippen LogP contribution in [0, 0.1) is 28.6 Å². The Morgan fingerprint density at radius 2 is 1.51 bits per heavy atom. The minimum atomic E-state index is -4.86. The van der Waals surface area contributed by atoms with Gasteiger partial charge in [-0.2, -0.15) is 13.2 Å². The van der Waals surface area contributed by atoms with Gasteiger partial charge in [0, 0.05) is 6.54 Å². The van der Waals surface area contributed by atoms with Crippen LogP contribution in [0.15, 0.2) is 12.7 Å². The first-order chi connectivity index (χ1) is 22.2. The van der Waals surface area contributed by atoms with E-state index in [1.807, 2.05) is 13.8 Å². The monoisotopic (exact) mass is 701 g/mol. The van der Waals surface area contributed by atoms with Crippen molar-refractivity contribution in [2.45, 2.75) is 130 Å². The molecule has 2 fully saturated rings. The van der Waals surface area contributed by atoms with Crippen LogP contribution in [-0.2, 0) is 28.7 Å². The number of nitrogens with one attached hydrogen (secondary N) is 3. The van der Waals surface area contributed by atoms with Crippen molar-refractivity contribution in [1.82, 2.24) is 20.9 Å². The molecule has 1 unspecified atom stereocenters. The molecule has 0 radical (unpaired) electrons. The third-order valence-corrected chi connectivity index (χ3v) is 9.50. The Hall–Kier alpha value is -3.65. The zero-order valence-corrected chi connectivity index (χ0v) is 30.1. The molecule has 0 spiro atoms. The average molecular weight is 702 g/mol. The molecule has 5 atom stereocenters. The van der Waals surface area contributed by atoms with Crippen LogP contribution in [0.2, 0.25) is 0 Å². The van der Waals surface area contributed by atoms with Gasteiger partial charge in [-0.15, -0.1) is 6.58 Å². The van der Waals surface area contributed by atoms with Crippen molar-refractivity contribution >= 4 is 35.5 Å². The highest BCUT2D eigenvalue weighted by Crippen LogP contribution is 2.41. The van der Waals surface area contributed by atoms with Crippen LogP contribution in [0.4, 0.5) is 18.0 Å². The number of halogens is 3. The maximum atomic E-state index is 14.3. The first-order valence-electron chi connectivity index (χ1n) is 16.7. The molecule has 0 bridgehead atoms. The second kappa shape index (κ2) is 15.5. The number of ketones is 1. The van der Waals surface area contributed by atoms with Gasteiger partial charge in [-0.3, -0.25) is 19.2 Å². The third-order valence-electron chi connectivity index (χ3n) is 9.50. The van der Waals surface area contributed by atoms with Crippen LogP contribution in [0.25, 0.3) is 0 Å². The summed E-state index contributed by atoms with van der Waals surface area (Å²) in [5, 5.41) is 7.61. The lowest BCUT2D eigenvalue weighted by atomic mass is 9.74. The molecule has 278 valence electrons. The van der Waals surface area contributed by atoms with Crippen LogP contribution in [-0.4, -0.2) is 82.9 Å². The second-order valence-electron chi connectivity index (χ2n) is 15.8. The number of ether oxygens (including phenoxy) is 1. The first-order valence-corrected chi connectivity index (χ1v) is 16.7. The van der Waals surface area contributed by atoms with Crippen LogP contribution in [0.5, 0.6) is 0 Å². The molecule has 1 aliphatic carbocycles. The molecule has 49 heavy (non-hydrogen) atoms. The van der Waals surface area contributed by atoms with E-state index in [1.165, 1.54) is 18.7 Å². The highest BCUT2D eigenvalue weighted by atomic mass is 19.4. The van der Waals surface area contributed by atoms with Crippen molar-refractivity contribution in [2.75, 3.05) is 6.54 Å². The summed E-state index contributed by atoms with van der Waals surface area (Å²) in [6, 6.07) is -6.07. The molecule has 2 aliphatic rings. The summed E-state index contributed by atoms with van der Waals surface area (Å²) >= 11 is 0. The van der Waals surface area contributed by atoms with E-state index >= 15 is 0 Å². The Morgan fingerprint density at radius 3 is 1.96 bits per heavy atom. The van der Waals surface area contributed by atoms with E-state index < -0.39 is 94.1 Å². The zero-order chi connectivity index (χ0) is 37.9. The Bertz CT molecular complexity index is 1290. The van der Waals surface area contributed by atoms with Gasteiger partial charge in [0.05, 0.1) is 6.04 Å². The van der Waals surface area contributed by atoms with Gasteiger partial charge < -0.3 is 31.3 Å². The quantitative estimate of drug-likeness (QED) is 0.114. The molecule has 2 rings (SSSR count). The largest absolute Gasteiger partial charge is 0.448 e. The molecule has 5 N–H and O–H groups in total. The number of allylic oxidation sites excluding steroid dienone is 1. The van der Waals surface area contributed by atoms with E-state index in [0.717, 1.165) is 12.8 Å². The number of carbonyl (C=O) groups is 6. The fraction of sp³-hybridized carbons (Fsp3) is 0.765. The Labute approximate surface area is 286 Å². The lowest BCUT2D eigenvalue weighted by molar-refractivity contribution is -0.258. The highest BCUT2D eigenvalue weighted by Gasteiger charge is 2.53. The van der Waals surface area contributed by atoms with Crippen LogP contribution < -0.4 is 21.7 Å². The fourth-order valence-corrected chi connectivity index (χ4v) is 5.80. The van der Waals surface area contributed by atoms with Crippen molar-refractivity contribution in [3.63, 3.8) is 0 Å². The minimum absolute atomic E-state index is 0.110. The summed E-state index contributed by atoms with van der Waals surface area (Å²) < 4.78 is 44.9. The summed E-state index contributed by atoms with van der Waals surface area (Å²) in [6.07, 6.45) is -0.0152. The lowest BCUT2D eigenvalue weighted by Gasteiger charge is -2.39. The van der Waals surface area contributed by atoms with E-state index in [-0.39, 0.29) is 13.0 Å². The smallest absolute Gasteiger partial charge is 0.427 e. The second-order valence-corrected chi connectivity index (χ2v) is 15.8. The Kier molecular flexibility index (Phi) is 13.1. The topological polar surface area (TPSA) is 177 Å². The number of nitrogens with zero attached hydrogens (tertiary/aromatic N) is 1. The zero-order valence-electron chi connectivity index (χ0n) is 30.1. The first kappa shape index (κ1) is 41.5. The summed E-state index contributed by atoms with van der Waals surface area (Å²) in [5.41, 5.74) is 0.856. The average Bonchev–Trinajstić information content (AvgIpc) is 3.68. The van der Waals surface area contributed by atoms with Gasteiger partial charge in [-0.1, -0.05) is 67.4 Å². The predicted octanol–water partition coefficient (Wildman–Crippen LogP) is 3.77. The maximum Gasteiger partial charge on any atom is 0.427 e. The van der Waals surface area contributed by atoms with Gasteiger partial charge >= 0.3 is 18.2 Å². The molecule has 0 aromatic carbocycles. The van der Waals surface area contributed by atoms with Gasteiger partial charge in [-0.25, -0.2) is 9.59 Å². The highest BCUT2D eigenvalue weighted by molar-refractivity contribution is 6.37. The molecule has 5 amide bonds. The minimum Gasteiger partial charge on any atom is -0.448 e. The number of likely N-dealkylation sites (tertiary alicyclic amines) is 1. The number of rotatable bonds is 15. The summed E-state index contributed by atoms with van der Waals surface area (Å²) in [5.74, 6) is -5.47. The van der Waals surface area contributed by atoms with Gasteiger partial charge in [-0.05, 0) is 61.7 Å². The number of hydrogen-bond donors (Lipinski definition) is 4. The van der Waals surface area contributed by atoms with Crippen LogP contribution in [0.1, 0.15) is 94.4 Å². The van der Waals surface area contributed by atoms with E-state index in [2.05, 4.69) is 22.5 Å². The molecule has 1 aliphatic heterocycles. The Morgan fingerprint density at radius 1 is 0.939 bits per heavy atom. The molecule has 1 saturated heterocycles. The summed E-state index contributed by atoms with van der Waals surface area (Å²) in [6.45, 7) is 17.1.